The van der Waals surface area contributed by atoms with E-state index in [1.165, 1.54) is 11.6 Å². The zero-order valence-corrected chi connectivity index (χ0v) is 18.0. The second-order valence-corrected chi connectivity index (χ2v) is 7.60. The molecule has 0 fully saturated rings. The molecule has 0 saturated heterocycles. The van der Waals surface area contributed by atoms with Crippen LogP contribution >= 0.6 is 0 Å². The van der Waals surface area contributed by atoms with E-state index in [2.05, 4.69) is 0 Å². The summed E-state index contributed by atoms with van der Waals surface area (Å²) >= 11 is 0. The number of hydrogen-bond donors (Lipinski definition) is 1. The van der Waals surface area contributed by atoms with Crippen molar-refractivity contribution in [3.8, 4) is 0 Å². The largest absolute Gasteiger partial charge is 0.384 e. The van der Waals surface area contributed by atoms with Crippen LogP contribution in [0.3, 0.4) is 0 Å². The summed E-state index contributed by atoms with van der Waals surface area (Å²) in [5.41, 5.74) is 6.81. The van der Waals surface area contributed by atoms with Crippen molar-refractivity contribution in [3.63, 3.8) is 0 Å². The predicted octanol–water partition coefficient (Wildman–Crippen LogP) is 2.27. The molecule has 0 spiro atoms. The van der Waals surface area contributed by atoms with Crippen molar-refractivity contribution in [1.82, 2.24) is 14.0 Å². The van der Waals surface area contributed by atoms with Gasteiger partial charge in [-0.3, -0.25) is 23.6 Å². The third kappa shape index (κ3) is 5.19. The lowest BCUT2D eigenvalue weighted by Gasteiger charge is -2.22. The number of carbonyl (C=O) groups is 1. The molecule has 7 heteroatoms. The highest BCUT2D eigenvalue weighted by molar-refractivity contribution is 6.01. The van der Waals surface area contributed by atoms with Gasteiger partial charge in [0.1, 0.15) is 11.4 Å². The van der Waals surface area contributed by atoms with Crippen molar-refractivity contribution in [1.29, 1.82) is 0 Å². The predicted molar refractivity (Wildman–Crippen MR) is 122 cm³/mol. The number of nitrogen functional groups attached to an aromatic ring is 1. The highest BCUT2D eigenvalue weighted by Crippen LogP contribution is 2.12. The maximum absolute atomic E-state index is 13.2. The molecule has 0 saturated carbocycles. The summed E-state index contributed by atoms with van der Waals surface area (Å²) in [5, 5.41) is 0. The van der Waals surface area contributed by atoms with Crippen LogP contribution < -0.4 is 17.0 Å². The van der Waals surface area contributed by atoms with Crippen molar-refractivity contribution in [2.24, 2.45) is 7.05 Å². The molecule has 0 atom stereocenters. The van der Waals surface area contributed by atoms with Gasteiger partial charge in [0.2, 0.25) is 0 Å². The summed E-state index contributed by atoms with van der Waals surface area (Å²) in [7, 11) is 1.37. The van der Waals surface area contributed by atoms with Crippen molar-refractivity contribution in [2.45, 2.75) is 26.4 Å². The van der Waals surface area contributed by atoms with E-state index >= 15 is 0 Å². The van der Waals surface area contributed by atoms with Gasteiger partial charge in [-0.2, -0.15) is 0 Å². The molecule has 1 heterocycles. The van der Waals surface area contributed by atoms with E-state index in [1.54, 1.807) is 0 Å². The summed E-state index contributed by atoms with van der Waals surface area (Å²) < 4.78 is 2.24. The summed E-state index contributed by atoms with van der Waals surface area (Å²) in [6.07, 6.45) is 0.862. The fourth-order valence-electron chi connectivity index (χ4n) is 3.62. The molecule has 7 nitrogen and oxygen atoms in total. The molecule has 0 bridgehead atoms. The van der Waals surface area contributed by atoms with Crippen LogP contribution in [0, 0.1) is 0 Å². The Kier molecular flexibility index (Phi) is 7.20. The van der Waals surface area contributed by atoms with E-state index in [9.17, 15) is 14.4 Å². The average Bonchev–Trinajstić information content (AvgIpc) is 2.77. The number of Topliss-reactive ketones (excluding diaryl/α,β-unsaturated/α-hetero) is 1. The monoisotopic (exact) mass is 420 g/mol. The van der Waals surface area contributed by atoms with Crippen molar-refractivity contribution >= 4 is 11.6 Å². The van der Waals surface area contributed by atoms with Gasteiger partial charge >= 0.3 is 5.69 Å². The number of ketones is 1. The van der Waals surface area contributed by atoms with Crippen molar-refractivity contribution < 1.29 is 4.79 Å². The summed E-state index contributed by atoms with van der Waals surface area (Å²) in [4.78, 5) is 40.6. The lowest BCUT2D eigenvalue weighted by molar-refractivity contribution is 0.0923. The minimum Gasteiger partial charge on any atom is -0.384 e. The van der Waals surface area contributed by atoms with Crippen molar-refractivity contribution in [3.05, 3.63) is 98.2 Å². The lowest BCUT2D eigenvalue weighted by Crippen LogP contribution is -2.44. The summed E-state index contributed by atoms with van der Waals surface area (Å²) in [5.74, 6) is -0.470. The van der Waals surface area contributed by atoms with Crippen LogP contribution in [0.5, 0.6) is 0 Å². The summed E-state index contributed by atoms with van der Waals surface area (Å²) in [6.45, 7) is 3.55. The topological polar surface area (TPSA) is 90.3 Å². The van der Waals surface area contributed by atoms with E-state index < -0.39 is 11.2 Å². The normalized spacial score (nSPS) is 11.1. The maximum Gasteiger partial charge on any atom is 0.332 e. The molecule has 0 amide bonds. The fraction of sp³-hybridized carbons (Fsp3) is 0.292. The molecule has 2 aromatic carbocycles. The van der Waals surface area contributed by atoms with E-state index in [4.69, 9.17) is 5.73 Å². The zero-order valence-electron chi connectivity index (χ0n) is 18.0. The minimum atomic E-state index is -0.659. The second-order valence-electron chi connectivity index (χ2n) is 7.60. The van der Waals surface area contributed by atoms with Crippen LogP contribution in [-0.2, 0) is 20.1 Å². The first-order chi connectivity index (χ1) is 14.9. The lowest BCUT2D eigenvalue weighted by atomic mass is 10.1. The Labute approximate surface area is 181 Å². The van der Waals surface area contributed by atoms with Gasteiger partial charge in [0.05, 0.1) is 13.1 Å². The number of anilines is 1. The molecular formula is C24H28N4O3. The van der Waals surface area contributed by atoms with E-state index in [0.29, 0.717) is 13.1 Å². The highest BCUT2D eigenvalue weighted by atomic mass is 16.2. The molecular weight excluding hydrogens is 392 g/mol. The van der Waals surface area contributed by atoms with Crippen molar-refractivity contribution in [2.75, 3.05) is 18.8 Å². The zero-order chi connectivity index (χ0) is 22.4. The van der Waals surface area contributed by atoms with E-state index in [1.807, 2.05) is 72.5 Å². The first-order valence-corrected chi connectivity index (χ1v) is 10.3. The van der Waals surface area contributed by atoms with Crippen LogP contribution in [0.4, 0.5) is 5.82 Å². The van der Waals surface area contributed by atoms with Gasteiger partial charge in [-0.25, -0.2) is 4.79 Å². The van der Waals surface area contributed by atoms with Crippen LogP contribution in [0.2, 0.25) is 0 Å². The van der Waals surface area contributed by atoms with Gasteiger partial charge in [0.15, 0.2) is 5.78 Å². The smallest absolute Gasteiger partial charge is 0.332 e. The maximum atomic E-state index is 13.2. The molecule has 31 heavy (non-hydrogen) atoms. The van der Waals surface area contributed by atoms with Gasteiger partial charge in [0.25, 0.3) is 5.56 Å². The standard InChI is InChI=1S/C24H28N4O3/c1-3-14-27(15-18-10-6-4-7-11-18)17-20(29)21-22(25)28(24(31)26(2)23(21)30)16-19-12-8-5-9-13-19/h4-13H,3,14-17,25H2,1-2H3. The number of rotatable bonds is 9. The first kappa shape index (κ1) is 22.2. The van der Waals surface area contributed by atoms with Crippen LogP contribution in [-0.4, -0.2) is 32.9 Å². The minimum absolute atomic E-state index is 0.0473. The van der Waals surface area contributed by atoms with Gasteiger partial charge < -0.3 is 5.73 Å². The average molecular weight is 421 g/mol. The number of nitrogens with two attached hydrogens (primary N) is 1. The molecule has 162 valence electrons. The third-order valence-corrected chi connectivity index (χ3v) is 5.20. The molecule has 1 aromatic heterocycles. The number of aromatic nitrogens is 2. The van der Waals surface area contributed by atoms with Gasteiger partial charge in [-0.15, -0.1) is 0 Å². The van der Waals surface area contributed by atoms with Gasteiger partial charge in [0, 0.05) is 13.6 Å². The quantitative estimate of drug-likeness (QED) is 0.537. The Hall–Kier alpha value is -3.45. The number of nitrogens with zero attached hydrogens (tertiary/aromatic N) is 3. The number of carbonyl (C=O) groups excluding carboxylic acids is 1. The molecule has 0 aliphatic carbocycles. The Balaban J connectivity index is 1.93. The molecule has 0 aliphatic heterocycles. The van der Waals surface area contributed by atoms with Crippen LogP contribution in [0.15, 0.2) is 70.3 Å². The molecule has 3 aromatic rings. The number of benzene rings is 2. The third-order valence-electron chi connectivity index (χ3n) is 5.20. The molecule has 0 aliphatic rings. The summed E-state index contributed by atoms with van der Waals surface area (Å²) in [6, 6.07) is 19.2. The van der Waals surface area contributed by atoms with E-state index in [-0.39, 0.29) is 30.3 Å². The molecule has 0 unspecified atom stereocenters. The van der Waals surface area contributed by atoms with Crippen LogP contribution in [0.25, 0.3) is 0 Å². The van der Waals surface area contributed by atoms with Gasteiger partial charge in [-0.05, 0) is 24.1 Å². The Morgan fingerprint density at radius 2 is 1.55 bits per heavy atom. The fourth-order valence-corrected chi connectivity index (χ4v) is 3.62. The SMILES string of the molecule is CCCN(CC(=O)c1c(N)n(Cc2ccccc2)c(=O)n(C)c1=O)Cc1ccccc1. The Morgan fingerprint density at radius 1 is 0.968 bits per heavy atom. The Morgan fingerprint density at radius 3 is 2.13 bits per heavy atom. The van der Waals surface area contributed by atoms with Crippen LogP contribution in [0.1, 0.15) is 34.8 Å². The highest BCUT2D eigenvalue weighted by Gasteiger charge is 2.23. The molecule has 3 rings (SSSR count). The second kappa shape index (κ2) is 10.0. The number of hydrogen-bond acceptors (Lipinski definition) is 5. The molecule has 0 radical (unpaired) electrons. The first-order valence-electron chi connectivity index (χ1n) is 10.3. The van der Waals surface area contributed by atoms with E-state index in [0.717, 1.165) is 22.1 Å². The Bertz CT molecular complexity index is 1150. The molecule has 2 N–H and O–H groups in total. The van der Waals surface area contributed by atoms with Gasteiger partial charge in [-0.1, -0.05) is 67.6 Å².